The van der Waals surface area contributed by atoms with Gasteiger partial charge in [0.05, 0.1) is 7.11 Å². The highest BCUT2D eigenvalue weighted by Gasteiger charge is 2.22. The Morgan fingerprint density at radius 2 is 1.14 bits per heavy atom. The lowest BCUT2D eigenvalue weighted by molar-refractivity contribution is 0.415. The third-order valence-corrected chi connectivity index (χ3v) is 5.04. The van der Waals surface area contributed by atoms with Crippen molar-refractivity contribution >= 4 is 0 Å². The molecule has 138 valence electrons. The number of rotatable bonds is 5. The summed E-state index contributed by atoms with van der Waals surface area (Å²) in [5, 5.41) is 11.3. The molecule has 0 aliphatic rings. The van der Waals surface area contributed by atoms with Gasteiger partial charge in [-0.3, -0.25) is 0 Å². The van der Waals surface area contributed by atoms with Gasteiger partial charge in [-0.2, -0.15) is 0 Å². The first kappa shape index (κ1) is 17.9. The fourth-order valence-corrected chi connectivity index (χ4v) is 3.72. The highest BCUT2D eigenvalue weighted by atomic mass is 16.5. The van der Waals surface area contributed by atoms with Crippen LogP contribution in [-0.4, -0.2) is 12.2 Å². The second-order valence-corrected chi connectivity index (χ2v) is 6.70. The summed E-state index contributed by atoms with van der Waals surface area (Å²) in [6.45, 7) is 0. The molecule has 0 saturated carbocycles. The molecule has 4 aromatic rings. The molecule has 2 nitrogen and oxygen atoms in total. The maximum absolute atomic E-state index is 11.3. The molecule has 0 fully saturated rings. The number of para-hydroxylation sites is 2. The number of hydrogen-bond donors (Lipinski definition) is 1. The van der Waals surface area contributed by atoms with E-state index in [0.29, 0.717) is 0 Å². The number of hydrogen-bond acceptors (Lipinski definition) is 2. The van der Waals surface area contributed by atoms with Crippen LogP contribution in [0.1, 0.15) is 22.6 Å². The molecule has 28 heavy (non-hydrogen) atoms. The summed E-state index contributed by atoms with van der Waals surface area (Å²) < 4.78 is 5.51. The maximum atomic E-state index is 11.3. The van der Waals surface area contributed by atoms with Crippen LogP contribution in [-0.2, 0) is 0 Å². The summed E-state index contributed by atoms with van der Waals surface area (Å²) in [5.74, 6) is 0.965. The Kier molecular flexibility index (Phi) is 5.11. The van der Waals surface area contributed by atoms with Gasteiger partial charge >= 0.3 is 0 Å². The summed E-state index contributed by atoms with van der Waals surface area (Å²) in [6, 6.07) is 34.3. The first-order chi connectivity index (χ1) is 13.8. The molecule has 0 heterocycles. The van der Waals surface area contributed by atoms with Gasteiger partial charge in [-0.1, -0.05) is 97.1 Å². The molecule has 0 unspecified atom stereocenters. The molecule has 1 N–H and O–H groups in total. The molecule has 2 heteroatoms. The third-order valence-electron chi connectivity index (χ3n) is 5.04. The van der Waals surface area contributed by atoms with E-state index >= 15 is 0 Å². The van der Waals surface area contributed by atoms with Gasteiger partial charge in [0, 0.05) is 22.6 Å². The monoisotopic (exact) mass is 366 g/mol. The Bertz CT molecular complexity index is 1020. The van der Waals surface area contributed by atoms with E-state index in [2.05, 4.69) is 24.3 Å². The minimum Gasteiger partial charge on any atom is -0.507 e. The standard InChI is InChI=1S/C26H22O2/c1-28-24-18-9-8-15-21(24)22-16-10-17-23(26(22)27)25(19-11-4-2-5-12-19)20-13-6-3-7-14-20/h2-18,25,27H,1H3. The van der Waals surface area contributed by atoms with Crippen molar-refractivity contribution in [2.24, 2.45) is 0 Å². The van der Waals surface area contributed by atoms with Crippen molar-refractivity contribution in [2.75, 3.05) is 7.11 Å². The number of phenolic OH excluding ortho intramolecular Hbond substituents is 1. The van der Waals surface area contributed by atoms with Crippen LogP contribution < -0.4 is 4.74 Å². The maximum Gasteiger partial charge on any atom is 0.127 e. The summed E-state index contributed by atoms with van der Waals surface area (Å²) in [6.07, 6.45) is 0. The molecule has 0 aliphatic carbocycles. The summed E-state index contributed by atoms with van der Waals surface area (Å²) in [4.78, 5) is 0. The molecular weight excluding hydrogens is 344 g/mol. The second-order valence-electron chi connectivity index (χ2n) is 6.70. The lowest BCUT2D eigenvalue weighted by atomic mass is 9.83. The predicted molar refractivity (Wildman–Crippen MR) is 114 cm³/mol. The van der Waals surface area contributed by atoms with Crippen molar-refractivity contribution in [3.05, 3.63) is 120 Å². The first-order valence-corrected chi connectivity index (χ1v) is 9.34. The van der Waals surface area contributed by atoms with E-state index in [-0.39, 0.29) is 11.7 Å². The highest BCUT2D eigenvalue weighted by Crippen LogP contribution is 2.43. The zero-order chi connectivity index (χ0) is 19.3. The van der Waals surface area contributed by atoms with Gasteiger partial charge in [-0.05, 0) is 17.2 Å². The average Bonchev–Trinajstić information content (AvgIpc) is 2.77. The summed E-state index contributed by atoms with van der Waals surface area (Å²) >= 11 is 0. The minimum absolute atomic E-state index is 0.0583. The molecule has 4 aromatic carbocycles. The molecule has 0 amide bonds. The van der Waals surface area contributed by atoms with E-state index in [4.69, 9.17) is 4.74 Å². The molecule has 4 rings (SSSR count). The van der Waals surface area contributed by atoms with Crippen LogP contribution in [0, 0.1) is 0 Å². The van der Waals surface area contributed by atoms with Gasteiger partial charge in [0.1, 0.15) is 11.5 Å². The normalized spacial score (nSPS) is 10.8. The Balaban J connectivity index is 1.91. The first-order valence-electron chi connectivity index (χ1n) is 9.34. The molecule has 0 spiro atoms. The second kappa shape index (κ2) is 8.01. The number of phenols is 1. The van der Waals surface area contributed by atoms with Gasteiger partial charge < -0.3 is 9.84 Å². The molecular formula is C26H22O2. The van der Waals surface area contributed by atoms with Gasteiger partial charge in [-0.15, -0.1) is 0 Å². The van der Waals surface area contributed by atoms with Crippen LogP contribution in [0.2, 0.25) is 0 Å². The van der Waals surface area contributed by atoms with Crippen molar-refractivity contribution in [3.63, 3.8) is 0 Å². The molecule has 0 saturated heterocycles. The third kappa shape index (κ3) is 3.37. The molecule has 0 atom stereocenters. The zero-order valence-corrected chi connectivity index (χ0v) is 15.7. The van der Waals surface area contributed by atoms with Crippen molar-refractivity contribution in [2.45, 2.75) is 5.92 Å². The predicted octanol–water partition coefficient (Wildman–Crippen LogP) is 6.25. The number of benzene rings is 4. The summed E-state index contributed by atoms with van der Waals surface area (Å²) in [5.41, 5.74) is 4.80. The van der Waals surface area contributed by atoms with E-state index in [0.717, 1.165) is 33.6 Å². The van der Waals surface area contributed by atoms with Crippen molar-refractivity contribution in [1.82, 2.24) is 0 Å². The van der Waals surface area contributed by atoms with Gasteiger partial charge in [-0.25, -0.2) is 0 Å². The van der Waals surface area contributed by atoms with Crippen LogP contribution in [0.4, 0.5) is 0 Å². The van der Waals surface area contributed by atoms with Gasteiger partial charge in [0.15, 0.2) is 0 Å². The molecule has 0 bridgehead atoms. The minimum atomic E-state index is -0.0583. The van der Waals surface area contributed by atoms with Crippen molar-refractivity contribution in [3.8, 4) is 22.6 Å². The molecule has 0 aromatic heterocycles. The fraction of sp³-hybridized carbons (Fsp3) is 0.0769. The Hall–Kier alpha value is -3.52. The SMILES string of the molecule is COc1ccccc1-c1cccc(C(c2ccccc2)c2ccccc2)c1O. The lowest BCUT2D eigenvalue weighted by Crippen LogP contribution is -2.04. The average molecular weight is 366 g/mol. The van der Waals surface area contributed by atoms with Crippen LogP contribution in [0.25, 0.3) is 11.1 Å². The van der Waals surface area contributed by atoms with Crippen LogP contribution in [0.5, 0.6) is 11.5 Å². The number of methoxy groups -OCH3 is 1. The Labute approximate surface area is 165 Å². The topological polar surface area (TPSA) is 29.5 Å². The van der Waals surface area contributed by atoms with Gasteiger partial charge in [0.2, 0.25) is 0 Å². The number of ether oxygens (including phenoxy) is 1. The largest absolute Gasteiger partial charge is 0.507 e. The number of aromatic hydroxyl groups is 1. The van der Waals surface area contributed by atoms with Gasteiger partial charge in [0.25, 0.3) is 0 Å². The van der Waals surface area contributed by atoms with E-state index in [1.165, 1.54) is 0 Å². The van der Waals surface area contributed by atoms with E-state index in [1.807, 2.05) is 78.9 Å². The molecule has 0 aliphatic heterocycles. The van der Waals surface area contributed by atoms with Crippen LogP contribution >= 0.6 is 0 Å². The van der Waals surface area contributed by atoms with Crippen LogP contribution in [0.3, 0.4) is 0 Å². The van der Waals surface area contributed by atoms with E-state index in [9.17, 15) is 5.11 Å². The summed E-state index contributed by atoms with van der Waals surface area (Å²) in [7, 11) is 1.65. The zero-order valence-electron chi connectivity index (χ0n) is 15.7. The van der Waals surface area contributed by atoms with Crippen molar-refractivity contribution in [1.29, 1.82) is 0 Å². The quantitative estimate of drug-likeness (QED) is 0.423. The Morgan fingerprint density at radius 3 is 1.75 bits per heavy atom. The Morgan fingerprint density at radius 1 is 0.607 bits per heavy atom. The molecule has 0 radical (unpaired) electrons. The fourth-order valence-electron chi connectivity index (χ4n) is 3.72. The highest BCUT2D eigenvalue weighted by molar-refractivity contribution is 5.77. The van der Waals surface area contributed by atoms with Crippen molar-refractivity contribution < 1.29 is 9.84 Å². The van der Waals surface area contributed by atoms with Crippen LogP contribution in [0.15, 0.2) is 103 Å². The van der Waals surface area contributed by atoms with E-state index < -0.39 is 0 Å². The smallest absolute Gasteiger partial charge is 0.127 e. The lowest BCUT2D eigenvalue weighted by Gasteiger charge is -2.21. The van der Waals surface area contributed by atoms with E-state index in [1.54, 1.807) is 7.11 Å².